The van der Waals surface area contributed by atoms with Crippen molar-refractivity contribution in [3.63, 3.8) is 0 Å². The van der Waals surface area contributed by atoms with Gasteiger partial charge in [-0.15, -0.1) is 0 Å². The van der Waals surface area contributed by atoms with Gasteiger partial charge < -0.3 is 14.6 Å². The molecule has 0 amide bonds. The Morgan fingerprint density at radius 1 is 0.878 bits per heavy atom. The first-order valence-corrected chi connectivity index (χ1v) is 16.4. The van der Waals surface area contributed by atoms with Crippen LogP contribution in [0.5, 0.6) is 0 Å². The van der Waals surface area contributed by atoms with Gasteiger partial charge in [-0.2, -0.15) is 0 Å². The average molecular weight is 611 g/mol. The Morgan fingerprint density at radius 3 is 2.24 bits per heavy atom. The fourth-order valence-electron chi connectivity index (χ4n) is 8.96. The SMILES string of the molecule is CN1C[C@@H](CN2C3CCC2CC(OC(c2ccccc2)c2ccccc2)C3)C[C@@H]2c3cccc4[nH]c(Br)c(c34)C[C@H]21. The zero-order chi connectivity index (χ0) is 27.5. The molecule has 0 spiro atoms. The van der Waals surface area contributed by atoms with Crippen LogP contribution in [0.2, 0.25) is 0 Å². The number of nitrogens with zero attached hydrogens (tertiary/aromatic N) is 2. The number of hydrogen-bond donors (Lipinski definition) is 1. The maximum atomic E-state index is 7.00. The molecule has 4 aliphatic rings. The number of aromatic amines is 1. The van der Waals surface area contributed by atoms with Gasteiger partial charge in [0, 0.05) is 48.0 Å². The zero-order valence-electron chi connectivity index (χ0n) is 23.9. The van der Waals surface area contributed by atoms with E-state index in [2.05, 4.69) is 117 Å². The number of rotatable bonds is 6. The van der Waals surface area contributed by atoms with E-state index in [1.54, 1.807) is 5.56 Å². The van der Waals surface area contributed by atoms with Gasteiger partial charge in [0.15, 0.2) is 0 Å². The predicted octanol–water partition coefficient (Wildman–Crippen LogP) is 7.69. The highest BCUT2D eigenvalue weighted by Gasteiger charge is 2.45. The van der Waals surface area contributed by atoms with Crippen LogP contribution in [0, 0.1) is 5.92 Å². The second-order valence-corrected chi connectivity index (χ2v) is 13.9. The minimum Gasteiger partial charge on any atom is -0.365 e. The van der Waals surface area contributed by atoms with Gasteiger partial charge in [0.2, 0.25) is 0 Å². The first-order chi connectivity index (χ1) is 20.1. The molecular formula is C36H40BrN3O. The van der Waals surface area contributed by atoms with Gasteiger partial charge in [-0.25, -0.2) is 0 Å². The van der Waals surface area contributed by atoms with Crippen LogP contribution >= 0.6 is 15.9 Å². The fourth-order valence-corrected chi connectivity index (χ4v) is 9.53. The Hall–Kier alpha value is -2.44. The lowest BCUT2D eigenvalue weighted by Crippen LogP contribution is -2.53. The second kappa shape index (κ2) is 10.7. The molecule has 4 aromatic rings. The summed E-state index contributed by atoms with van der Waals surface area (Å²) in [6, 6.07) is 30.4. The largest absolute Gasteiger partial charge is 0.365 e. The minimum atomic E-state index is 0.00430. The van der Waals surface area contributed by atoms with E-state index in [4.69, 9.17) is 4.74 Å². The molecule has 8 rings (SSSR count). The summed E-state index contributed by atoms with van der Waals surface area (Å²) >= 11 is 3.83. The quantitative estimate of drug-likeness (QED) is 0.243. The summed E-state index contributed by atoms with van der Waals surface area (Å²) in [6.07, 6.45) is 7.71. The number of ether oxygens (including phenoxy) is 1. The normalized spacial score (nSPS) is 29.7. The van der Waals surface area contributed by atoms with Gasteiger partial charge in [-0.05, 0) is 95.7 Å². The molecule has 212 valence electrons. The summed E-state index contributed by atoms with van der Waals surface area (Å²) in [5.41, 5.74) is 6.85. The number of aromatic nitrogens is 1. The van der Waals surface area contributed by atoms with Crippen molar-refractivity contribution < 1.29 is 4.74 Å². The first kappa shape index (κ1) is 26.2. The number of hydrogen-bond acceptors (Lipinski definition) is 3. The molecule has 41 heavy (non-hydrogen) atoms. The smallest absolute Gasteiger partial charge is 0.108 e. The molecule has 4 heterocycles. The van der Waals surface area contributed by atoms with E-state index < -0.39 is 0 Å². The van der Waals surface area contributed by atoms with Crippen molar-refractivity contribution in [1.82, 2.24) is 14.8 Å². The summed E-state index contributed by atoms with van der Waals surface area (Å²) < 4.78 is 8.17. The minimum absolute atomic E-state index is 0.00430. The molecule has 1 N–H and O–H groups in total. The first-order valence-electron chi connectivity index (χ1n) is 15.6. The van der Waals surface area contributed by atoms with E-state index in [1.165, 1.54) is 64.5 Å². The molecule has 0 saturated carbocycles. The highest BCUT2D eigenvalue weighted by molar-refractivity contribution is 9.10. The van der Waals surface area contributed by atoms with Crippen LogP contribution in [0.25, 0.3) is 10.9 Å². The Balaban J connectivity index is 0.981. The lowest BCUT2D eigenvalue weighted by atomic mass is 9.72. The number of likely N-dealkylation sites (tertiary alicyclic amines) is 1. The molecule has 3 saturated heterocycles. The lowest BCUT2D eigenvalue weighted by molar-refractivity contribution is -0.0541. The van der Waals surface area contributed by atoms with Crippen LogP contribution in [0.4, 0.5) is 0 Å². The Labute approximate surface area is 252 Å². The summed E-state index contributed by atoms with van der Waals surface area (Å²) in [6.45, 7) is 2.44. The number of nitrogens with one attached hydrogen (secondary N) is 1. The van der Waals surface area contributed by atoms with Crippen molar-refractivity contribution in [3.8, 4) is 0 Å². The number of fused-ring (bicyclic) bond motifs is 4. The van der Waals surface area contributed by atoms with Crippen molar-refractivity contribution in [2.75, 3.05) is 20.1 Å². The lowest BCUT2D eigenvalue weighted by Gasteiger charge is -2.48. The van der Waals surface area contributed by atoms with Crippen LogP contribution in [-0.2, 0) is 11.2 Å². The van der Waals surface area contributed by atoms with Crippen LogP contribution in [0.1, 0.15) is 66.4 Å². The van der Waals surface area contributed by atoms with Crippen LogP contribution < -0.4 is 0 Å². The molecule has 3 aromatic carbocycles. The van der Waals surface area contributed by atoms with Crippen molar-refractivity contribution in [1.29, 1.82) is 0 Å². The second-order valence-electron chi connectivity index (χ2n) is 13.1. The van der Waals surface area contributed by atoms with Gasteiger partial charge in [0.1, 0.15) is 6.10 Å². The topological polar surface area (TPSA) is 31.5 Å². The number of benzene rings is 3. The van der Waals surface area contributed by atoms with E-state index in [-0.39, 0.29) is 6.10 Å². The van der Waals surface area contributed by atoms with Gasteiger partial charge in [0.05, 0.1) is 10.7 Å². The number of halogens is 1. The molecule has 2 bridgehead atoms. The van der Waals surface area contributed by atoms with Gasteiger partial charge in [0.25, 0.3) is 0 Å². The summed E-state index contributed by atoms with van der Waals surface area (Å²) in [5.74, 6) is 1.33. The molecule has 3 aliphatic heterocycles. The molecule has 3 fully saturated rings. The standard InChI is InChI=1S/C36H40BrN3O/c1-39-21-23(17-30-29-13-8-14-32-34(29)31(20-33(30)39)36(37)38-32)22-40-26-15-16-27(40)19-28(18-26)41-35(24-9-4-2-5-10-24)25-11-6-3-7-12-25/h2-14,23,26-28,30,33,35,38H,15-22H2,1H3/t23-,26?,27?,28?,30+,33+/m0/s1. The molecule has 0 radical (unpaired) electrons. The number of likely N-dealkylation sites (N-methyl/N-ethyl adjacent to an activating group) is 1. The van der Waals surface area contributed by atoms with Crippen LogP contribution in [0.3, 0.4) is 0 Å². The molecule has 1 aliphatic carbocycles. The predicted molar refractivity (Wildman–Crippen MR) is 169 cm³/mol. The number of H-pyrrole nitrogens is 1. The Bertz CT molecular complexity index is 1470. The van der Waals surface area contributed by atoms with Crippen LogP contribution in [-0.4, -0.2) is 59.2 Å². The molecule has 4 nitrogen and oxygen atoms in total. The summed E-state index contributed by atoms with van der Waals surface area (Å²) in [4.78, 5) is 9.18. The molecule has 5 atom stereocenters. The van der Waals surface area contributed by atoms with E-state index in [0.717, 1.165) is 19.3 Å². The molecular weight excluding hydrogens is 570 g/mol. The molecule has 1 aromatic heterocycles. The monoisotopic (exact) mass is 609 g/mol. The average Bonchev–Trinajstić information content (AvgIpc) is 3.43. The zero-order valence-corrected chi connectivity index (χ0v) is 25.5. The highest BCUT2D eigenvalue weighted by atomic mass is 79.9. The third-order valence-electron chi connectivity index (χ3n) is 10.7. The maximum Gasteiger partial charge on any atom is 0.108 e. The van der Waals surface area contributed by atoms with Gasteiger partial charge in [-0.1, -0.05) is 72.8 Å². The van der Waals surface area contributed by atoms with Crippen molar-refractivity contribution in [2.24, 2.45) is 5.92 Å². The summed E-state index contributed by atoms with van der Waals surface area (Å²) in [7, 11) is 2.37. The highest BCUT2D eigenvalue weighted by Crippen LogP contribution is 2.47. The van der Waals surface area contributed by atoms with Gasteiger partial charge >= 0.3 is 0 Å². The van der Waals surface area contributed by atoms with Crippen molar-refractivity contribution >= 4 is 26.8 Å². The molecule has 5 heteroatoms. The van der Waals surface area contributed by atoms with Gasteiger partial charge in [-0.3, -0.25) is 4.90 Å². The maximum absolute atomic E-state index is 7.00. The molecule has 2 unspecified atom stereocenters. The van der Waals surface area contributed by atoms with E-state index in [0.29, 0.717) is 36.1 Å². The van der Waals surface area contributed by atoms with E-state index in [9.17, 15) is 0 Å². The van der Waals surface area contributed by atoms with Crippen molar-refractivity contribution in [2.45, 2.75) is 74.8 Å². The fraction of sp³-hybridized carbons (Fsp3) is 0.444. The third-order valence-corrected chi connectivity index (χ3v) is 11.4. The van der Waals surface area contributed by atoms with Crippen LogP contribution in [0.15, 0.2) is 83.5 Å². The van der Waals surface area contributed by atoms with E-state index >= 15 is 0 Å². The van der Waals surface area contributed by atoms with Crippen molar-refractivity contribution in [3.05, 3.63) is 106 Å². The summed E-state index contributed by atoms with van der Waals surface area (Å²) in [5, 5.41) is 1.49. The Morgan fingerprint density at radius 2 is 1.56 bits per heavy atom. The Kier molecular flexibility index (Phi) is 6.83. The third kappa shape index (κ3) is 4.70. The number of piperidine rings is 2. The van der Waals surface area contributed by atoms with E-state index in [1.807, 2.05) is 0 Å².